The van der Waals surface area contributed by atoms with Gasteiger partial charge < -0.3 is 15.4 Å². The Morgan fingerprint density at radius 2 is 1.97 bits per heavy atom. The minimum Gasteiger partial charge on any atom is -0.379 e. The first-order valence-electron chi connectivity index (χ1n) is 10.7. The number of rotatable bonds is 9. The standard InChI is InChI=1S/C22H34N6O.HI/c1-3-23-22(25-17-19(2)18-27-13-15-29-16-14-27)24-11-9-20-5-7-21(8-6-20)28-12-4-10-26-28;/h4-8,10,12,19H,3,9,11,13-18H2,1-2H3,(H2,23,24,25);1H. The molecule has 0 aliphatic carbocycles. The Morgan fingerprint density at radius 1 is 1.20 bits per heavy atom. The normalized spacial score (nSPS) is 16.0. The predicted molar refractivity (Wildman–Crippen MR) is 133 cm³/mol. The second-order valence-corrected chi connectivity index (χ2v) is 7.53. The summed E-state index contributed by atoms with van der Waals surface area (Å²) in [7, 11) is 0. The summed E-state index contributed by atoms with van der Waals surface area (Å²) >= 11 is 0. The molecule has 3 rings (SSSR count). The molecule has 8 heteroatoms. The number of ether oxygens (including phenoxy) is 1. The van der Waals surface area contributed by atoms with Crippen LogP contribution in [-0.4, -0.2) is 73.1 Å². The molecule has 0 saturated carbocycles. The number of nitrogens with one attached hydrogen (secondary N) is 2. The van der Waals surface area contributed by atoms with Crippen LogP contribution in [0.5, 0.6) is 0 Å². The fourth-order valence-corrected chi connectivity index (χ4v) is 3.43. The van der Waals surface area contributed by atoms with Crippen molar-refractivity contribution in [1.29, 1.82) is 0 Å². The fraction of sp³-hybridized carbons (Fsp3) is 0.545. The van der Waals surface area contributed by atoms with Crippen LogP contribution in [0.3, 0.4) is 0 Å². The molecule has 2 heterocycles. The molecule has 1 aromatic heterocycles. The van der Waals surface area contributed by atoms with Crippen LogP contribution in [0.4, 0.5) is 0 Å². The maximum Gasteiger partial charge on any atom is 0.191 e. The number of halogens is 1. The lowest BCUT2D eigenvalue weighted by Crippen LogP contribution is -2.40. The van der Waals surface area contributed by atoms with Gasteiger partial charge in [0.25, 0.3) is 0 Å². The van der Waals surface area contributed by atoms with Crippen LogP contribution in [-0.2, 0) is 11.2 Å². The summed E-state index contributed by atoms with van der Waals surface area (Å²) in [4.78, 5) is 7.25. The Labute approximate surface area is 197 Å². The largest absolute Gasteiger partial charge is 0.379 e. The first kappa shape index (κ1) is 24.6. The molecular formula is C22H35IN6O. The highest BCUT2D eigenvalue weighted by molar-refractivity contribution is 14.0. The van der Waals surface area contributed by atoms with E-state index >= 15 is 0 Å². The summed E-state index contributed by atoms with van der Waals surface area (Å²) in [6.07, 6.45) is 4.70. The average molecular weight is 526 g/mol. The zero-order chi connectivity index (χ0) is 20.3. The van der Waals surface area contributed by atoms with Crippen LogP contribution < -0.4 is 10.6 Å². The molecule has 1 unspecified atom stereocenters. The van der Waals surface area contributed by atoms with Crippen molar-refractivity contribution in [2.24, 2.45) is 10.9 Å². The van der Waals surface area contributed by atoms with E-state index in [1.165, 1.54) is 5.56 Å². The molecule has 2 N–H and O–H groups in total. The molecule has 30 heavy (non-hydrogen) atoms. The van der Waals surface area contributed by atoms with Crippen molar-refractivity contribution >= 4 is 29.9 Å². The maximum absolute atomic E-state index is 5.42. The van der Waals surface area contributed by atoms with Gasteiger partial charge in [0.05, 0.1) is 18.9 Å². The molecule has 1 aliphatic rings. The fourth-order valence-electron chi connectivity index (χ4n) is 3.43. The molecule has 1 aromatic carbocycles. The van der Waals surface area contributed by atoms with Gasteiger partial charge in [-0.3, -0.25) is 9.89 Å². The minimum atomic E-state index is 0. The van der Waals surface area contributed by atoms with Gasteiger partial charge in [0, 0.05) is 51.7 Å². The number of aromatic nitrogens is 2. The Balaban J connectivity index is 0.00000320. The molecule has 166 valence electrons. The van der Waals surface area contributed by atoms with E-state index in [0.29, 0.717) is 5.92 Å². The van der Waals surface area contributed by atoms with Crippen molar-refractivity contribution in [2.75, 3.05) is 52.5 Å². The van der Waals surface area contributed by atoms with E-state index in [2.05, 4.69) is 58.7 Å². The van der Waals surface area contributed by atoms with Crippen LogP contribution >= 0.6 is 24.0 Å². The van der Waals surface area contributed by atoms with Crippen LogP contribution in [0.1, 0.15) is 19.4 Å². The Kier molecular flexibility index (Phi) is 11.2. The molecule has 1 aliphatic heterocycles. The number of hydrogen-bond acceptors (Lipinski definition) is 4. The second-order valence-electron chi connectivity index (χ2n) is 7.53. The van der Waals surface area contributed by atoms with E-state index in [0.717, 1.165) is 70.6 Å². The highest BCUT2D eigenvalue weighted by Gasteiger charge is 2.13. The number of morpholine rings is 1. The van der Waals surface area contributed by atoms with Crippen LogP contribution in [0.15, 0.2) is 47.7 Å². The van der Waals surface area contributed by atoms with Gasteiger partial charge in [-0.15, -0.1) is 24.0 Å². The molecule has 0 spiro atoms. The lowest BCUT2D eigenvalue weighted by molar-refractivity contribution is 0.0323. The van der Waals surface area contributed by atoms with Gasteiger partial charge in [0.2, 0.25) is 0 Å². The summed E-state index contributed by atoms with van der Waals surface area (Å²) in [6, 6.07) is 10.5. The van der Waals surface area contributed by atoms with Gasteiger partial charge in [-0.05, 0) is 43.0 Å². The van der Waals surface area contributed by atoms with Gasteiger partial charge >= 0.3 is 0 Å². The van der Waals surface area contributed by atoms with E-state index in [1.54, 1.807) is 6.20 Å². The highest BCUT2D eigenvalue weighted by Crippen LogP contribution is 2.09. The molecule has 0 amide bonds. The molecular weight excluding hydrogens is 491 g/mol. The Morgan fingerprint density at radius 3 is 2.63 bits per heavy atom. The van der Waals surface area contributed by atoms with E-state index in [4.69, 9.17) is 9.73 Å². The van der Waals surface area contributed by atoms with Crippen LogP contribution in [0.2, 0.25) is 0 Å². The van der Waals surface area contributed by atoms with Crippen LogP contribution in [0, 0.1) is 5.92 Å². The topological polar surface area (TPSA) is 66.7 Å². The van der Waals surface area contributed by atoms with Crippen molar-refractivity contribution in [2.45, 2.75) is 20.3 Å². The Hall–Kier alpha value is -1.65. The van der Waals surface area contributed by atoms with E-state index in [1.807, 2.05) is 16.9 Å². The van der Waals surface area contributed by atoms with Gasteiger partial charge in [0.1, 0.15) is 0 Å². The third-order valence-corrected chi connectivity index (χ3v) is 4.99. The third kappa shape index (κ3) is 8.23. The first-order chi connectivity index (χ1) is 14.2. The zero-order valence-corrected chi connectivity index (χ0v) is 20.4. The van der Waals surface area contributed by atoms with Crippen LogP contribution in [0.25, 0.3) is 5.69 Å². The lowest BCUT2D eigenvalue weighted by atomic mass is 10.1. The number of benzene rings is 1. The van der Waals surface area contributed by atoms with Crippen molar-refractivity contribution in [3.8, 4) is 5.69 Å². The van der Waals surface area contributed by atoms with E-state index < -0.39 is 0 Å². The monoisotopic (exact) mass is 526 g/mol. The number of nitrogens with zero attached hydrogens (tertiary/aromatic N) is 4. The average Bonchev–Trinajstić information content (AvgIpc) is 3.28. The lowest BCUT2D eigenvalue weighted by Gasteiger charge is -2.28. The minimum absolute atomic E-state index is 0. The van der Waals surface area contributed by atoms with Gasteiger partial charge in [-0.2, -0.15) is 5.10 Å². The van der Waals surface area contributed by atoms with Crippen molar-refractivity contribution in [3.63, 3.8) is 0 Å². The Bertz CT molecular complexity index is 729. The summed E-state index contributed by atoms with van der Waals surface area (Å²) in [6.45, 7) is 11.8. The molecule has 1 fully saturated rings. The SMILES string of the molecule is CCNC(=NCC(C)CN1CCOCC1)NCCc1ccc(-n2cccn2)cc1.I. The first-order valence-corrected chi connectivity index (χ1v) is 10.7. The van der Waals surface area contributed by atoms with Gasteiger partial charge in [0.15, 0.2) is 5.96 Å². The molecule has 1 saturated heterocycles. The second kappa shape index (κ2) is 13.6. The summed E-state index contributed by atoms with van der Waals surface area (Å²) in [5.41, 5.74) is 2.38. The smallest absolute Gasteiger partial charge is 0.191 e. The van der Waals surface area contributed by atoms with Crippen molar-refractivity contribution in [1.82, 2.24) is 25.3 Å². The summed E-state index contributed by atoms with van der Waals surface area (Å²) < 4.78 is 7.30. The molecule has 2 aromatic rings. The predicted octanol–water partition coefficient (Wildman–Crippen LogP) is 2.56. The molecule has 7 nitrogen and oxygen atoms in total. The maximum atomic E-state index is 5.42. The zero-order valence-electron chi connectivity index (χ0n) is 18.1. The number of guanidine groups is 1. The van der Waals surface area contributed by atoms with E-state index in [9.17, 15) is 0 Å². The quantitative estimate of drug-likeness (QED) is 0.299. The number of hydrogen-bond donors (Lipinski definition) is 2. The molecule has 1 atom stereocenters. The summed E-state index contributed by atoms with van der Waals surface area (Å²) in [5.74, 6) is 1.42. The third-order valence-electron chi connectivity index (χ3n) is 4.99. The highest BCUT2D eigenvalue weighted by atomic mass is 127. The molecule has 0 bridgehead atoms. The van der Waals surface area contributed by atoms with Gasteiger partial charge in [-0.1, -0.05) is 19.1 Å². The molecule has 0 radical (unpaired) electrons. The van der Waals surface area contributed by atoms with Crippen molar-refractivity contribution in [3.05, 3.63) is 48.3 Å². The number of aliphatic imine (C=N–C) groups is 1. The van der Waals surface area contributed by atoms with Crippen molar-refractivity contribution < 1.29 is 4.74 Å². The van der Waals surface area contributed by atoms with Gasteiger partial charge in [-0.25, -0.2) is 4.68 Å². The van der Waals surface area contributed by atoms with E-state index in [-0.39, 0.29) is 24.0 Å². The summed E-state index contributed by atoms with van der Waals surface area (Å²) in [5, 5.41) is 11.1.